The number of nitrogens with one attached hydrogen (secondary N) is 2. The van der Waals surface area contributed by atoms with Gasteiger partial charge in [0, 0.05) is 52.2 Å². The second-order valence-corrected chi connectivity index (χ2v) is 6.35. The molecule has 0 unspecified atom stereocenters. The summed E-state index contributed by atoms with van der Waals surface area (Å²) in [6.45, 7) is 10.2. The van der Waals surface area contributed by atoms with Gasteiger partial charge in [0.2, 0.25) is 5.91 Å². The highest BCUT2D eigenvalue weighted by Crippen LogP contribution is 2.12. The van der Waals surface area contributed by atoms with Gasteiger partial charge in [-0.3, -0.25) is 9.79 Å². The van der Waals surface area contributed by atoms with Gasteiger partial charge in [-0.15, -0.1) is 0 Å². The zero-order valence-corrected chi connectivity index (χ0v) is 14.9. The topological polar surface area (TPSA) is 60.0 Å². The number of piperidine rings is 1. The van der Waals surface area contributed by atoms with Gasteiger partial charge in [0.15, 0.2) is 5.96 Å². The van der Waals surface area contributed by atoms with Gasteiger partial charge >= 0.3 is 0 Å². The molecule has 128 valence electrons. The third-order valence-electron chi connectivity index (χ3n) is 4.04. The summed E-state index contributed by atoms with van der Waals surface area (Å²) in [4.78, 5) is 20.2. The van der Waals surface area contributed by atoms with Crippen molar-refractivity contribution < 1.29 is 4.79 Å². The third-order valence-corrected chi connectivity index (χ3v) is 4.04. The quantitative estimate of drug-likeness (QED) is 0.565. The highest BCUT2D eigenvalue weighted by atomic mass is 16.2. The summed E-state index contributed by atoms with van der Waals surface area (Å²) in [6, 6.07) is 1.09. The third kappa shape index (κ3) is 6.64. The lowest BCUT2D eigenvalue weighted by atomic mass is 10.0. The molecule has 1 rings (SSSR count). The summed E-state index contributed by atoms with van der Waals surface area (Å²) in [5.74, 6) is 0.946. The number of aliphatic imine (C=N–C) groups is 1. The number of nitrogens with zero attached hydrogens (tertiary/aromatic N) is 3. The number of amides is 1. The van der Waals surface area contributed by atoms with Gasteiger partial charge in [0.05, 0.1) is 6.54 Å². The molecule has 0 saturated carbocycles. The van der Waals surface area contributed by atoms with Crippen LogP contribution in [0.4, 0.5) is 0 Å². The Labute approximate surface area is 135 Å². The Morgan fingerprint density at radius 1 is 1.32 bits per heavy atom. The number of hydrogen-bond acceptors (Lipinski definition) is 3. The van der Waals surface area contributed by atoms with Crippen molar-refractivity contribution in [3.8, 4) is 0 Å². The average Bonchev–Trinajstić information content (AvgIpc) is 2.47. The lowest BCUT2D eigenvalue weighted by Crippen LogP contribution is -2.49. The van der Waals surface area contributed by atoms with Gasteiger partial charge in [0.1, 0.15) is 0 Å². The fourth-order valence-electron chi connectivity index (χ4n) is 2.56. The highest BCUT2D eigenvalue weighted by molar-refractivity contribution is 5.81. The first-order valence-electron chi connectivity index (χ1n) is 8.43. The van der Waals surface area contributed by atoms with Crippen molar-refractivity contribution in [3.05, 3.63) is 0 Å². The number of carbonyl (C=O) groups is 1. The van der Waals surface area contributed by atoms with Crippen LogP contribution in [0, 0.1) is 0 Å². The van der Waals surface area contributed by atoms with Crippen LogP contribution in [0.1, 0.15) is 40.0 Å². The predicted octanol–water partition coefficient (Wildman–Crippen LogP) is 0.893. The van der Waals surface area contributed by atoms with Crippen molar-refractivity contribution in [3.63, 3.8) is 0 Å². The van der Waals surface area contributed by atoms with E-state index in [-0.39, 0.29) is 5.91 Å². The molecule has 0 spiro atoms. The van der Waals surface area contributed by atoms with Gasteiger partial charge < -0.3 is 20.4 Å². The first-order valence-corrected chi connectivity index (χ1v) is 8.43. The lowest BCUT2D eigenvalue weighted by Gasteiger charge is -2.35. The summed E-state index contributed by atoms with van der Waals surface area (Å²) < 4.78 is 0. The van der Waals surface area contributed by atoms with Crippen molar-refractivity contribution in [1.82, 2.24) is 20.4 Å². The Hall–Kier alpha value is -1.30. The monoisotopic (exact) mass is 311 g/mol. The molecule has 22 heavy (non-hydrogen) atoms. The molecule has 6 heteroatoms. The van der Waals surface area contributed by atoms with E-state index in [0.29, 0.717) is 25.0 Å². The van der Waals surface area contributed by atoms with E-state index in [1.807, 2.05) is 0 Å². The number of hydrogen-bond donors (Lipinski definition) is 2. The summed E-state index contributed by atoms with van der Waals surface area (Å²) in [7, 11) is 3.55. The number of likely N-dealkylation sites (tertiary alicyclic amines) is 1. The minimum Gasteiger partial charge on any atom is -0.357 e. The fraction of sp³-hybridized carbons (Fsp3) is 0.875. The SMILES string of the molecule is CCNC(=NCCC(=O)N(C)C)NC1CCN(C(C)C)CC1. The molecule has 1 heterocycles. The van der Waals surface area contributed by atoms with Crippen molar-refractivity contribution in [2.24, 2.45) is 4.99 Å². The van der Waals surface area contributed by atoms with Crippen LogP contribution in [0.3, 0.4) is 0 Å². The van der Waals surface area contributed by atoms with Crippen LogP contribution >= 0.6 is 0 Å². The van der Waals surface area contributed by atoms with Crippen LogP contribution in [0.2, 0.25) is 0 Å². The van der Waals surface area contributed by atoms with E-state index < -0.39 is 0 Å². The fourth-order valence-corrected chi connectivity index (χ4v) is 2.56. The zero-order valence-electron chi connectivity index (χ0n) is 14.9. The number of rotatable bonds is 6. The van der Waals surface area contributed by atoms with Crippen molar-refractivity contribution in [2.45, 2.75) is 52.1 Å². The molecule has 1 aliphatic rings. The summed E-state index contributed by atoms with van der Waals surface area (Å²) in [5, 5.41) is 6.77. The van der Waals surface area contributed by atoms with Crippen LogP contribution in [-0.2, 0) is 4.79 Å². The van der Waals surface area contributed by atoms with Crippen LogP contribution in [0.15, 0.2) is 4.99 Å². The predicted molar refractivity (Wildman–Crippen MR) is 92.2 cm³/mol. The van der Waals surface area contributed by atoms with Gasteiger partial charge in [-0.25, -0.2) is 0 Å². The molecule has 1 amide bonds. The maximum atomic E-state index is 11.6. The normalized spacial score (nSPS) is 17.6. The molecular formula is C16H33N5O. The molecule has 1 fully saturated rings. The molecule has 1 aliphatic heterocycles. The van der Waals surface area contributed by atoms with Gasteiger partial charge in [-0.1, -0.05) is 0 Å². The van der Waals surface area contributed by atoms with Gasteiger partial charge in [-0.05, 0) is 33.6 Å². The summed E-state index contributed by atoms with van der Waals surface area (Å²) >= 11 is 0. The Bertz CT molecular complexity index is 360. The number of carbonyl (C=O) groups excluding carboxylic acids is 1. The molecule has 0 aliphatic carbocycles. The Kier molecular flexibility index (Phi) is 8.24. The molecule has 6 nitrogen and oxygen atoms in total. The average molecular weight is 311 g/mol. The van der Waals surface area contributed by atoms with E-state index in [4.69, 9.17) is 0 Å². The smallest absolute Gasteiger partial charge is 0.223 e. The van der Waals surface area contributed by atoms with E-state index in [2.05, 4.69) is 41.3 Å². The number of guanidine groups is 1. The minimum absolute atomic E-state index is 0.116. The van der Waals surface area contributed by atoms with Crippen molar-refractivity contribution >= 4 is 11.9 Å². The van der Waals surface area contributed by atoms with Crippen molar-refractivity contribution in [2.75, 3.05) is 40.3 Å². The largest absolute Gasteiger partial charge is 0.357 e. The summed E-state index contributed by atoms with van der Waals surface area (Å²) in [5.41, 5.74) is 0. The van der Waals surface area contributed by atoms with Crippen LogP contribution in [0.25, 0.3) is 0 Å². The molecular weight excluding hydrogens is 278 g/mol. The van der Waals surface area contributed by atoms with Crippen molar-refractivity contribution in [1.29, 1.82) is 0 Å². The molecule has 0 bridgehead atoms. The molecule has 1 saturated heterocycles. The van der Waals surface area contributed by atoms with E-state index in [1.165, 1.54) is 0 Å². The summed E-state index contributed by atoms with van der Waals surface area (Å²) in [6.07, 6.45) is 2.73. The van der Waals surface area contributed by atoms with Gasteiger partial charge in [0.25, 0.3) is 0 Å². The second kappa shape index (κ2) is 9.66. The van der Waals surface area contributed by atoms with E-state index in [1.54, 1.807) is 19.0 Å². The first-order chi connectivity index (χ1) is 10.4. The van der Waals surface area contributed by atoms with E-state index in [9.17, 15) is 4.79 Å². The molecule has 0 aromatic rings. The highest BCUT2D eigenvalue weighted by Gasteiger charge is 2.21. The van der Waals surface area contributed by atoms with E-state index >= 15 is 0 Å². The molecule has 0 radical (unpaired) electrons. The Morgan fingerprint density at radius 2 is 1.95 bits per heavy atom. The van der Waals surface area contributed by atoms with Crippen LogP contribution < -0.4 is 10.6 Å². The minimum atomic E-state index is 0.116. The van der Waals surface area contributed by atoms with Gasteiger partial charge in [-0.2, -0.15) is 0 Å². The van der Waals surface area contributed by atoms with Crippen LogP contribution in [0.5, 0.6) is 0 Å². The maximum absolute atomic E-state index is 11.6. The molecule has 0 aromatic carbocycles. The lowest BCUT2D eigenvalue weighted by molar-refractivity contribution is -0.128. The molecule has 0 aromatic heterocycles. The maximum Gasteiger partial charge on any atom is 0.223 e. The van der Waals surface area contributed by atoms with E-state index in [0.717, 1.165) is 38.4 Å². The molecule has 0 atom stereocenters. The first kappa shape index (κ1) is 18.7. The second-order valence-electron chi connectivity index (χ2n) is 6.35. The molecule has 2 N–H and O–H groups in total. The Morgan fingerprint density at radius 3 is 2.45 bits per heavy atom. The van der Waals surface area contributed by atoms with Crippen LogP contribution in [-0.4, -0.2) is 74.0 Å². The Balaban J connectivity index is 2.42. The zero-order chi connectivity index (χ0) is 16.5. The standard InChI is InChI=1S/C16H33N5O/c1-6-17-16(18-10-7-15(22)20(4)5)19-14-8-11-21(12-9-14)13(2)3/h13-14H,6-12H2,1-5H3,(H2,17,18,19).